The van der Waals surface area contributed by atoms with Crippen molar-refractivity contribution in [3.8, 4) is 0 Å². The van der Waals surface area contributed by atoms with Crippen LogP contribution < -0.4 is 0 Å². The molecule has 0 saturated carbocycles. The first-order chi connectivity index (χ1) is 8.38. The van der Waals surface area contributed by atoms with Gasteiger partial charge in [-0.2, -0.15) is 0 Å². The summed E-state index contributed by atoms with van der Waals surface area (Å²) < 4.78 is 0. The van der Waals surface area contributed by atoms with E-state index < -0.39 is 0 Å². The summed E-state index contributed by atoms with van der Waals surface area (Å²) in [5.41, 5.74) is 2.14. The Morgan fingerprint density at radius 1 is 1.18 bits per heavy atom. The Bertz CT molecular complexity index is 574. The van der Waals surface area contributed by atoms with E-state index in [0.29, 0.717) is 5.88 Å². The number of fused-ring (bicyclic) bond motifs is 1. The minimum Gasteiger partial charge on any atom is -0.391 e. The van der Waals surface area contributed by atoms with E-state index in [1.165, 1.54) is 10.8 Å². The van der Waals surface area contributed by atoms with E-state index in [4.69, 9.17) is 16.4 Å². The van der Waals surface area contributed by atoms with Crippen LogP contribution in [0.5, 0.6) is 0 Å². The van der Waals surface area contributed by atoms with Crippen molar-refractivity contribution in [1.82, 2.24) is 0 Å². The summed E-state index contributed by atoms with van der Waals surface area (Å²) in [5.74, 6) is 0.484. The van der Waals surface area contributed by atoms with Gasteiger partial charge < -0.3 is 4.84 Å². The van der Waals surface area contributed by atoms with Gasteiger partial charge in [0, 0.05) is 12.0 Å². The van der Waals surface area contributed by atoms with Crippen LogP contribution in [0.3, 0.4) is 0 Å². The molecule has 0 fully saturated rings. The van der Waals surface area contributed by atoms with Crippen molar-refractivity contribution in [2.45, 2.75) is 12.5 Å². The number of alkyl halides is 1. The fraction of sp³-hybridized carbons (Fsp3) is 0.214. The molecule has 1 aliphatic rings. The van der Waals surface area contributed by atoms with Gasteiger partial charge in [-0.3, -0.25) is 0 Å². The third-order valence-corrected chi connectivity index (χ3v) is 3.35. The Morgan fingerprint density at radius 2 is 2.00 bits per heavy atom. The molecule has 0 bridgehead atoms. The number of oxime groups is 1. The highest BCUT2D eigenvalue weighted by Gasteiger charge is 2.22. The number of hydrogen-bond donors (Lipinski definition) is 0. The molecule has 0 saturated heterocycles. The molecule has 1 aliphatic heterocycles. The molecular formula is C14H12ClNO. The predicted octanol–water partition coefficient (Wildman–Crippen LogP) is 3.57. The summed E-state index contributed by atoms with van der Waals surface area (Å²) in [7, 11) is 0. The first-order valence-corrected chi connectivity index (χ1v) is 6.19. The molecule has 0 spiro atoms. The van der Waals surface area contributed by atoms with Gasteiger partial charge >= 0.3 is 0 Å². The van der Waals surface area contributed by atoms with Crippen molar-refractivity contribution in [3.05, 3.63) is 48.0 Å². The van der Waals surface area contributed by atoms with Gasteiger partial charge in [0.25, 0.3) is 0 Å². The van der Waals surface area contributed by atoms with Crippen molar-refractivity contribution in [3.63, 3.8) is 0 Å². The topological polar surface area (TPSA) is 21.6 Å². The minimum absolute atomic E-state index is 0.0191. The summed E-state index contributed by atoms with van der Waals surface area (Å²) in [5, 5.41) is 6.58. The van der Waals surface area contributed by atoms with E-state index >= 15 is 0 Å². The van der Waals surface area contributed by atoms with Crippen LogP contribution in [0.2, 0.25) is 0 Å². The number of halogens is 1. The Hall–Kier alpha value is -1.54. The molecule has 1 unspecified atom stereocenters. The lowest BCUT2D eigenvalue weighted by Crippen LogP contribution is -2.09. The van der Waals surface area contributed by atoms with Gasteiger partial charge in [0.05, 0.1) is 11.6 Å². The largest absolute Gasteiger partial charge is 0.391 e. The quantitative estimate of drug-likeness (QED) is 0.742. The average Bonchev–Trinajstić information content (AvgIpc) is 2.87. The highest BCUT2D eigenvalue weighted by atomic mass is 35.5. The number of benzene rings is 2. The molecule has 0 radical (unpaired) electrons. The van der Waals surface area contributed by atoms with Gasteiger partial charge in [-0.05, 0) is 10.8 Å². The molecule has 0 aliphatic carbocycles. The monoisotopic (exact) mass is 245 g/mol. The number of hydrogen-bond acceptors (Lipinski definition) is 2. The first kappa shape index (κ1) is 10.6. The molecular weight excluding hydrogens is 234 g/mol. The molecule has 3 rings (SSSR count). The fourth-order valence-electron chi connectivity index (χ4n) is 2.15. The summed E-state index contributed by atoms with van der Waals surface area (Å²) in [4.78, 5) is 5.27. The van der Waals surface area contributed by atoms with Gasteiger partial charge in [0.15, 0.2) is 0 Å². The van der Waals surface area contributed by atoms with Crippen molar-refractivity contribution >= 4 is 28.1 Å². The molecule has 1 heterocycles. The summed E-state index contributed by atoms with van der Waals surface area (Å²) in [6, 6.07) is 14.5. The molecule has 0 N–H and O–H groups in total. The van der Waals surface area contributed by atoms with Crippen molar-refractivity contribution in [2.75, 3.05) is 5.88 Å². The summed E-state index contributed by atoms with van der Waals surface area (Å²) in [6.07, 6.45) is 0.808. The number of rotatable bonds is 2. The lowest BCUT2D eigenvalue weighted by atomic mass is 9.98. The summed E-state index contributed by atoms with van der Waals surface area (Å²) >= 11 is 5.78. The Kier molecular flexibility index (Phi) is 2.73. The van der Waals surface area contributed by atoms with E-state index in [0.717, 1.165) is 17.7 Å². The highest BCUT2D eigenvalue weighted by Crippen LogP contribution is 2.24. The lowest BCUT2D eigenvalue weighted by Gasteiger charge is -2.05. The van der Waals surface area contributed by atoms with Crippen LogP contribution in [0.4, 0.5) is 0 Å². The predicted molar refractivity (Wildman–Crippen MR) is 70.7 cm³/mol. The van der Waals surface area contributed by atoms with Crippen LogP contribution in [0.15, 0.2) is 47.6 Å². The Balaban J connectivity index is 2.07. The third kappa shape index (κ3) is 1.89. The molecule has 2 nitrogen and oxygen atoms in total. The first-order valence-electron chi connectivity index (χ1n) is 5.65. The van der Waals surface area contributed by atoms with E-state index in [2.05, 4.69) is 29.4 Å². The highest BCUT2D eigenvalue weighted by molar-refractivity contribution is 6.19. The fourth-order valence-corrected chi connectivity index (χ4v) is 2.31. The van der Waals surface area contributed by atoms with Crippen LogP contribution in [-0.4, -0.2) is 17.7 Å². The normalized spacial score (nSPS) is 19.1. The molecule has 1 atom stereocenters. The molecule has 0 aromatic heterocycles. The van der Waals surface area contributed by atoms with Crippen molar-refractivity contribution in [1.29, 1.82) is 0 Å². The average molecular weight is 246 g/mol. The molecule has 2 aromatic rings. The maximum absolute atomic E-state index is 5.78. The molecule has 3 heteroatoms. The maximum Gasteiger partial charge on any atom is 0.146 e. The molecule has 2 aromatic carbocycles. The van der Waals surface area contributed by atoms with Crippen LogP contribution in [-0.2, 0) is 4.84 Å². The second-order valence-electron chi connectivity index (χ2n) is 4.15. The smallest absolute Gasteiger partial charge is 0.146 e. The lowest BCUT2D eigenvalue weighted by molar-refractivity contribution is 0.102. The van der Waals surface area contributed by atoms with Crippen molar-refractivity contribution in [2.24, 2.45) is 5.16 Å². The second kappa shape index (κ2) is 4.38. The second-order valence-corrected chi connectivity index (χ2v) is 4.46. The van der Waals surface area contributed by atoms with Gasteiger partial charge in [-0.1, -0.05) is 47.6 Å². The standard InChI is InChI=1S/C14H12ClNO/c15-9-11-8-14(16-17-11)13-7-3-5-10-4-1-2-6-12(10)13/h1-7,11H,8-9H2. The number of nitrogens with zero attached hydrogens (tertiary/aromatic N) is 1. The SMILES string of the molecule is ClCC1CC(c2cccc3ccccc23)=NO1. The molecule has 86 valence electrons. The van der Waals surface area contributed by atoms with Crippen LogP contribution in [0, 0.1) is 0 Å². The van der Waals surface area contributed by atoms with Gasteiger partial charge in [0.1, 0.15) is 6.10 Å². The van der Waals surface area contributed by atoms with Crippen molar-refractivity contribution < 1.29 is 4.84 Å². The van der Waals surface area contributed by atoms with E-state index in [1.54, 1.807) is 0 Å². The zero-order valence-corrected chi connectivity index (χ0v) is 10.0. The maximum atomic E-state index is 5.78. The zero-order chi connectivity index (χ0) is 11.7. The molecule has 17 heavy (non-hydrogen) atoms. The van der Waals surface area contributed by atoms with Gasteiger partial charge in [-0.15, -0.1) is 11.6 Å². The minimum atomic E-state index is 0.0191. The molecule has 0 amide bonds. The third-order valence-electron chi connectivity index (χ3n) is 3.01. The van der Waals surface area contributed by atoms with Crippen LogP contribution in [0.25, 0.3) is 10.8 Å². The van der Waals surface area contributed by atoms with E-state index in [-0.39, 0.29) is 6.10 Å². The van der Waals surface area contributed by atoms with E-state index in [9.17, 15) is 0 Å². The van der Waals surface area contributed by atoms with Gasteiger partial charge in [0.2, 0.25) is 0 Å². The van der Waals surface area contributed by atoms with Crippen LogP contribution >= 0.6 is 11.6 Å². The summed E-state index contributed by atoms with van der Waals surface area (Å²) in [6.45, 7) is 0. The zero-order valence-electron chi connectivity index (χ0n) is 9.27. The Morgan fingerprint density at radius 3 is 2.82 bits per heavy atom. The van der Waals surface area contributed by atoms with Crippen LogP contribution in [0.1, 0.15) is 12.0 Å². The van der Waals surface area contributed by atoms with E-state index in [1.807, 2.05) is 18.2 Å². The van der Waals surface area contributed by atoms with Gasteiger partial charge in [-0.25, -0.2) is 0 Å². The Labute approximate surface area is 105 Å².